The molecule has 0 radical (unpaired) electrons. The number of nitro groups is 1. The molecule has 0 aromatic heterocycles. The number of hydrogen-bond donors (Lipinski definition) is 0. The maximum atomic E-state index is 12.8. The average molecular weight is 331 g/mol. The Hall–Kier alpha value is -2.11. The van der Waals surface area contributed by atoms with Gasteiger partial charge in [-0.3, -0.25) is 14.9 Å². The number of hydrogen-bond acceptors (Lipinski definition) is 5. The van der Waals surface area contributed by atoms with Gasteiger partial charge in [0.05, 0.1) is 24.0 Å². The third kappa shape index (κ3) is 2.54. The molecule has 0 amide bonds. The molecule has 0 aliphatic heterocycles. The molecule has 0 heterocycles. The van der Waals surface area contributed by atoms with E-state index >= 15 is 0 Å². The number of nitro benzene ring substituents is 1. The fourth-order valence-corrected chi connectivity index (χ4v) is 5.35. The summed E-state index contributed by atoms with van der Waals surface area (Å²) in [4.78, 5) is 23.3. The Morgan fingerprint density at radius 2 is 1.71 bits per heavy atom. The number of carbonyl (C=O) groups excluding carboxylic acids is 1. The molecule has 0 saturated heterocycles. The van der Waals surface area contributed by atoms with E-state index in [9.17, 15) is 14.9 Å². The minimum absolute atomic E-state index is 0.0678. The van der Waals surface area contributed by atoms with Gasteiger partial charge in [-0.25, -0.2) is 0 Å². The van der Waals surface area contributed by atoms with Crippen molar-refractivity contribution in [3.63, 3.8) is 0 Å². The second-order valence-electron chi connectivity index (χ2n) is 7.47. The highest BCUT2D eigenvalue weighted by Crippen LogP contribution is 2.56. The largest absolute Gasteiger partial charge is 0.493 e. The summed E-state index contributed by atoms with van der Waals surface area (Å²) < 4.78 is 10.8. The van der Waals surface area contributed by atoms with Crippen LogP contribution in [0.1, 0.15) is 32.1 Å². The predicted molar refractivity (Wildman–Crippen MR) is 85.8 cm³/mol. The summed E-state index contributed by atoms with van der Waals surface area (Å²) in [5.41, 5.74) is -0.108. The molecule has 4 aliphatic rings. The number of nitrogens with zero attached hydrogens (tertiary/aromatic N) is 1. The van der Waals surface area contributed by atoms with Crippen molar-refractivity contribution in [2.45, 2.75) is 32.1 Å². The van der Waals surface area contributed by atoms with Crippen LogP contribution >= 0.6 is 0 Å². The molecule has 1 aromatic rings. The lowest BCUT2D eigenvalue weighted by Gasteiger charge is -2.53. The number of benzene rings is 1. The number of non-ortho nitro benzene ring substituents is 1. The number of rotatable bonds is 4. The van der Waals surface area contributed by atoms with Crippen LogP contribution < -0.4 is 9.47 Å². The molecule has 1 aromatic carbocycles. The highest BCUT2D eigenvalue weighted by molar-refractivity contribution is 5.77. The van der Waals surface area contributed by atoms with E-state index in [0.717, 1.165) is 37.5 Å². The van der Waals surface area contributed by atoms with Gasteiger partial charge in [0.25, 0.3) is 5.69 Å². The molecule has 4 aliphatic carbocycles. The second kappa shape index (κ2) is 5.76. The van der Waals surface area contributed by atoms with Crippen LogP contribution in [0.2, 0.25) is 0 Å². The third-order valence-corrected chi connectivity index (χ3v) is 6.07. The number of esters is 1. The van der Waals surface area contributed by atoms with E-state index in [-0.39, 0.29) is 23.3 Å². The SMILES string of the molecule is COc1ccc([N+](=O)[O-])cc1OC(=O)C1C2CC3CC(C2)CC1C3. The van der Waals surface area contributed by atoms with E-state index in [0.29, 0.717) is 17.6 Å². The normalized spacial score (nSPS) is 33.3. The van der Waals surface area contributed by atoms with E-state index in [2.05, 4.69) is 0 Å². The predicted octanol–water partition coefficient (Wildman–Crippen LogP) is 3.58. The molecule has 5 rings (SSSR count). The summed E-state index contributed by atoms with van der Waals surface area (Å²) in [7, 11) is 1.46. The summed E-state index contributed by atoms with van der Waals surface area (Å²) in [5, 5.41) is 11.0. The molecule has 4 fully saturated rings. The molecule has 4 bridgehead atoms. The van der Waals surface area contributed by atoms with E-state index in [1.54, 1.807) is 0 Å². The van der Waals surface area contributed by atoms with Crippen LogP contribution in [0.25, 0.3) is 0 Å². The van der Waals surface area contributed by atoms with Gasteiger partial charge in [-0.05, 0) is 61.8 Å². The number of carbonyl (C=O) groups is 1. The highest BCUT2D eigenvalue weighted by atomic mass is 16.6. The van der Waals surface area contributed by atoms with Gasteiger partial charge in [-0.2, -0.15) is 0 Å². The van der Waals surface area contributed by atoms with Gasteiger partial charge in [0.15, 0.2) is 11.5 Å². The molecule has 128 valence electrons. The number of ether oxygens (including phenoxy) is 2. The van der Waals surface area contributed by atoms with Crippen LogP contribution in [0.4, 0.5) is 5.69 Å². The van der Waals surface area contributed by atoms with Crippen molar-refractivity contribution in [2.24, 2.45) is 29.6 Å². The molecular formula is C18H21NO5. The topological polar surface area (TPSA) is 78.7 Å². The van der Waals surface area contributed by atoms with Gasteiger partial charge < -0.3 is 9.47 Å². The van der Waals surface area contributed by atoms with E-state index in [1.807, 2.05) is 0 Å². The van der Waals surface area contributed by atoms with Crippen molar-refractivity contribution in [2.75, 3.05) is 7.11 Å². The number of methoxy groups -OCH3 is 1. The zero-order chi connectivity index (χ0) is 16.8. The first kappa shape index (κ1) is 15.4. The quantitative estimate of drug-likeness (QED) is 0.365. The Morgan fingerprint density at radius 3 is 2.25 bits per heavy atom. The van der Waals surface area contributed by atoms with E-state index < -0.39 is 4.92 Å². The van der Waals surface area contributed by atoms with Gasteiger partial charge in [-0.15, -0.1) is 0 Å². The first-order valence-electron chi connectivity index (χ1n) is 8.59. The lowest BCUT2D eigenvalue weighted by atomic mass is 9.52. The zero-order valence-corrected chi connectivity index (χ0v) is 13.6. The maximum absolute atomic E-state index is 12.8. The van der Waals surface area contributed by atoms with Crippen LogP contribution in [-0.2, 0) is 4.79 Å². The van der Waals surface area contributed by atoms with Crippen LogP contribution in [-0.4, -0.2) is 18.0 Å². The van der Waals surface area contributed by atoms with E-state index in [1.165, 1.54) is 31.7 Å². The maximum Gasteiger partial charge on any atom is 0.315 e. The minimum Gasteiger partial charge on any atom is -0.493 e. The standard InChI is InChI=1S/C18H21NO5/c1-23-15-3-2-14(19(21)22)9-16(15)24-18(20)17-12-5-10-4-11(7-12)8-13(17)6-10/h2-3,9-13,17H,4-8H2,1H3. The minimum atomic E-state index is -0.500. The Morgan fingerprint density at radius 1 is 1.08 bits per heavy atom. The van der Waals surface area contributed by atoms with Gasteiger partial charge in [-0.1, -0.05) is 0 Å². The molecule has 6 heteroatoms. The van der Waals surface area contributed by atoms with Crippen molar-refractivity contribution in [1.29, 1.82) is 0 Å². The summed E-state index contributed by atoms with van der Waals surface area (Å²) >= 11 is 0. The fourth-order valence-electron chi connectivity index (χ4n) is 5.35. The molecule has 6 nitrogen and oxygen atoms in total. The molecule has 24 heavy (non-hydrogen) atoms. The molecule has 0 unspecified atom stereocenters. The molecular weight excluding hydrogens is 310 g/mol. The summed E-state index contributed by atoms with van der Waals surface area (Å²) in [5.74, 6) is 2.57. The first-order valence-corrected chi connectivity index (χ1v) is 8.59. The smallest absolute Gasteiger partial charge is 0.315 e. The van der Waals surface area contributed by atoms with Gasteiger partial charge in [0.2, 0.25) is 0 Å². The Labute approximate surface area is 140 Å². The lowest BCUT2D eigenvalue weighted by Crippen LogP contribution is -2.49. The summed E-state index contributed by atoms with van der Waals surface area (Å²) in [6.07, 6.45) is 5.82. The lowest BCUT2D eigenvalue weighted by molar-refractivity contribution is -0.384. The van der Waals surface area contributed by atoms with Crippen LogP contribution in [0, 0.1) is 39.7 Å². The molecule has 0 atom stereocenters. The van der Waals surface area contributed by atoms with Crippen LogP contribution in [0.15, 0.2) is 18.2 Å². The molecule has 0 spiro atoms. The van der Waals surface area contributed by atoms with Crippen molar-refractivity contribution in [3.05, 3.63) is 28.3 Å². The molecule has 0 N–H and O–H groups in total. The van der Waals surface area contributed by atoms with Gasteiger partial charge >= 0.3 is 5.97 Å². The van der Waals surface area contributed by atoms with Crippen molar-refractivity contribution in [3.8, 4) is 11.5 Å². The van der Waals surface area contributed by atoms with Crippen molar-refractivity contribution >= 4 is 11.7 Å². The Kier molecular flexibility index (Phi) is 3.70. The second-order valence-corrected chi connectivity index (χ2v) is 7.47. The van der Waals surface area contributed by atoms with Crippen LogP contribution in [0.3, 0.4) is 0 Å². The van der Waals surface area contributed by atoms with Crippen LogP contribution in [0.5, 0.6) is 11.5 Å². The third-order valence-electron chi connectivity index (χ3n) is 6.07. The van der Waals surface area contributed by atoms with Crippen molar-refractivity contribution < 1.29 is 19.2 Å². The first-order chi connectivity index (χ1) is 11.5. The van der Waals surface area contributed by atoms with Gasteiger partial charge in [0.1, 0.15) is 0 Å². The Balaban J connectivity index is 1.56. The highest BCUT2D eigenvalue weighted by Gasteiger charge is 2.51. The van der Waals surface area contributed by atoms with Gasteiger partial charge in [0, 0.05) is 6.07 Å². The van der Waals surface area contributed by atoms with Crippen molar-refractivity contribution in [1.82, 2.24) is 0 Å². The summed E-state index contributed by atoms with van der Waals surface area (Å²) in [6.45, 7) is 0. The summed E-state index contributed by atoms with van der Waals surface area (Å²) in [6, 6.07) is 4.09. The molecule has 4 saturated carbocycles. The zero-order valence-electron chi connectivity index (χ0n) is 13.6. The van der Waals surface area contributed by atoms with E-state index in [4.69, 9.17) is 9.47 Å². The fraction of sp³-hybridized carbons (Fsp3) is 0.611. The average Bonchev–Trinajstić information content (AvgIpc) is 2.53. The monoisotopic (exact) mass is 331 g/mol. The Bertz CT molecular complexity index is 658.